The number of hydrogen-bond donors (Lipinski definition) is 2. The number of nitrogens with zero attached hydrogens (tertiary/aromatic N) is 2. The highest BCUT2D eigenvalue weighted by molar-refractivity contribution is 7.99. The van der Waals surface area contributed by atoms with Crippen LogP contribution in [-0.4, -0.2) is 21.6 Å². The Balaban J connectivity index is 2.12. The van der Waals surface area contributed by atoms with E-state index in [0.29, 0.717) is 17.3 Å². The topological polar surface area (TPSA) is 98.6 Å². The van der Waals surface area contributed by atoms with Crippen molar-refractivity contribution in [2.75, 3.05) is 11.1 Å². The fraction of sp³-hybridized carbons (Fsp3) is 0.368. The van der Waals surface area contributed by atoms with Crippen molar-refractivity contribution in [3.8, 4) is 6.07 Å². The van der Waals surface area contributed by atoms with Gasteiger partial charge in [0.25, 0.3) is 5.56 Å². The number of carbonyl (C=O) groups is 1. The number of nitrogens with one attached hydrogen (secondary N) is 2. The number of aromatic amines is 1. The molecule has 1 amide bonds. The number of hydrogen-bond acceptors (Lipinski definition) is 5. The first-order chi connectivity index (χ1) is 12.5. The number of aromatic nitrogens is 2. The van der Waals surface area contributed by atoms with Crippen LogP contribution in [0.25, 0.3) is 0 Å². The number of thioether (sulfide) groups is 1. The Bertz CT molecular complexity index is 877. The third kappa shape index (κ3) is 4.52. The summed E-state index contributed by atoms with van der Waals surface area (Å²) < 4.78 is 0. The van der Waals surface area contributed by atoms with Gasteiger partial charge in [0.2, 0.25) is 5.91 Å². The Hall–Kier alpha value is -2.59. The second kappa shape index (κ2) is 9.20. The van der Waals surface area contributed by atoms with Crippen LogP contribution < -0.4 is 10.9 Å². The summed E-state index contributed by atoms with van der Waals surface area (Å²) in [5.74, 6) is -0.0326. The maximum absolute atomic E-state index is 12.4. The molecule has 0 atom stereocenters. The minimum atomic E-state index is -0.466. The molecule has 0 bridgehead atoms. The number of rotatable bonds is 7. The highest BCUT2D eigenvalue weighted by Gasteiger charge is 2.13. The molecule has 2 aromatic rings. The van der Waals surface area contributed by atoms with E-state index in [1.165, 1.54) is 0 Å². The Morgan fingerprint density at radius 2 is 1.88 bits per heavy atom. The maximum atomic E-state index is 12.4. The number of aryl methyl sites for hydroxylation is 3. The van der Waals surface area contributed by atoms with Gasteiger partial charge in [-0.3, -0.25) is 9.59 Å². The van der Waals surface area contributed by atoms with Crippen molar-refractivity contribution in [2.24, 2.45) is 0 Å². The number of H-pyrrole nitrogens is 1. The molecule has 136 valence electrons. The first kappa shape index (κ1) is 19.7. The van der Waals surface area contributed by atoms with Gasteiger partial charge in [0.15, 0.2) is 5.16 Å². The number of amides is 1. The van der Waals surface area contributed by atoms with Crippen molar-refractivity contribution in [3.63, 3.8) is 0 Å². The summed E-state index contributed by atoms with van der Waals surface area (Å²) in [6, 6.07) is 7.89. The number of benzene rings is 1. The van der Waals surface area contributed by atoms with E-state index in [-0.39, 0.29) is 17.2 Å². The SMILES string of the molecule is CCc1cccc(CC)c1NC(=O)CSc1nc(CC)c(C#N)c(=O)[nH]1. The number of nitriles is 1. The first-order valence-corrected chi connectivity index (χ1v) is 9.59. The van der Waals surface area contributed by atoms with Crippen LogP contribution in [0.2, 0.25) is 0 Å². The zero-order valence-corrected chi connectivity index (χ0v) is 16.0. The monoisotopic (exact) mass is 370 g/mol. The molecule has 26 heavy (non-hydrogen) atoms. The molecule has 1 aromatic carbocycles. The summed E-state index contributed by atoms with van der Waals surface area (Å²) in [6.07, 6.45) is 2.15. The third-order valence-corrected chi connectivity index (χ3v) is 4.90. The zero-order valence-electron chi connectivity index (χ0n) is 15.2. The number of carbonyl (C=O) groups excluding carboxylic acids is 1. The van der Waals surface area contributed by atoms with Crippen LogP contribution in [-0.2, 0) is 24.1 Å². The molecule has 0 aliphatic carbocycles. The quantitative estimate of drug-likeness (QED) is 0.576. The lowest BCUT2D eigenvalue weighted by molar-refractivity contribution is -0.113. The van der Waals surface area contributed by atoms with Crippen LogP contribution in [0.3, 0.4) is 0 Å². The van der Waals surface area contributed by atoms with Crippen molar-refractivity contribution in [1.82, 2.24) is 9.97 Å². The Morgan fingerprint density at radius 3 is 2.42 bits per heavy atom. The highest BCUT2D eigenvalue weighted by atomic mass is 32.2. The van der Waals surface area contributed by atoms with Crippen LogP contribution in [0.1, 0.15) is 43.2 Å². The lowest BCUT2D eigenvalue weighted by atomic mass is 10.0. The zero-order chi connectivity index (χ0) is 19.1. The fourth-order valence-electron chi connectivity index (χ4n) is 2.65. The molecule has 0 fully saturated rings. The van der Waals surface area contributed by atoms with E-state index in [2.05, 4.69) is 29.1 Å². The van der Waals surface area contributed by atoms with Gasteiger partial charge in [-0.25, -0.2) is 4.98 Å². The molecule has 0 saturated carbocycles. The predicted octanol–water partition coefficient (Wildman–Crippen LogP) is 3.06. The van der Waals surface area contributed by atoms with E-state index in [4.69, 9.17) is 5.26 Å². The summed E-state index contributed by atoms with van der Waals surface area (Å²) in [5, 5.41) is 12.4. The number of anilines is 1. The van der Waals surface area contributed by atoms with E-state index in [0.717, 1.165) is 41.4 Å². The molecule has 6 nitrogen and oxygen atoms in total. The predicted molar refractivity (Wildman–Crippen MR) is 104 cm³/mol. The molecule has 0 saturated heterocycles. The van der Waals surface area contributed by atoms with Crippen molar-refractivity contribution in [1.29, 1.82) is 5.26 Å². The van der Waals surface area contributed by atoms with Crippen LogP contribution in [0.15, 0.2) is 28.2 Å². The minimum absolute atomic E-state index is 0.0331. The maximum Gasteiger partial charge on any atom is 0.269 e. The van der Waals surface area contributed by atoms with E-state index >= 15 is 0 Å². The van der Waals surface area contributed by atoms with E-state index in [1.54, 1.807) is 0 Å². The Morgan fingerprint density at radius 1 is 1.23 bits per heavy atom. The molecule has 0 aliphatic rings. The molecular formula is C19H22N4O2S. The molecule has 0 unspecified atom stereocenters. The van der Waals surface area contributed by atoms with Gasteiger partial charge in [0, 0.05) is 5.69 Å². The molecule has 0 spiro atoms. The van der Waals surface area contributed by atoms with Gasteiger partial charge in [-0.1, -0.05) is 50.7 Å². The lowest BCUT2D eigenvalue weighted by Gasteiger charge is -2.14. The van der Waals surface area contributed by atoms with Crippen LogP contribution in [0.5, 0.6) is 0 Å². The minimum Gasteiger partial charge on any atom is -0.325 e. The Labute approximate surface area is 157 Å². The summed E-state index contributed by atoms with van der Waals surface area (Å²) in [5.41, 5.74) is 3.08. The summed E-state index contributed by atoms with van der Waals surface area (Å²) >= 11 is 1.15. The molecule has 7 heteroatoms. The van der Waals surface area contributed by atoms with Gasteiger partial charge < -0.3 is 10.3 Å². The smallest absolute Gasteiger partial charge is 0.269 e. The van der Waals surface area contributed by atoms with E-state index < -0.39 is 5.56 Å². The second-order valence-corrected chi connectivity index (χ2v) is 6.62. The third-order valence-electron chi connectivity index (χ3n) is 4.02. The second-order valence-electron chi connectivity index (χ2n) is 5.65. The van der Waals surface area contributed by atoms with Crippen molar-refractivity contribution >= 4 is 23.4 Å². The molecular weight excluding hydrogens is 348 g/mol. The molecule has 0 aliphatic heterocycles. The van der Waals surface area contributed by atoms with Crippen LogP contribution in [0.4, 0.5) is 5.69 Å². The molecule has 1 heterocycles. The van der Waals surface area contributed by atoms with Crippen LogP contribution in [0, 0.1) is 11.3 Å². The van der Waals surface area contributed by atoms with Gasteiger partial charge in [-0.15, -0.1) is 0 Å². The highest BCUT2D eigenvalue weighted by Crippen LogP contribution is 2.23. The van der Waals surface area contributed by atoms with Crippen molar-refractivity contribution in [3.05, 3.63) is 50.9 Å². The van der Waals surface area contributed by atoms with Crippen LogP contribution >= 0.6 is 11.8 Å². The van der Waals surface area contributed by atoms with Gasteiger partial charge in [0.05, 0.1) is 11.4 Å². The normalized spacial score (nSPS) is 10.4. The van der Waals surface area contributed by atoms with E-state index in [1.807, 2.05) is 31.2 Å². The average Bonchev–Trinajstić information content (AvgIpc) is 2.65. The Kier molecular flexibility index (Phi) is 6.98. The summed E-state index contributed by atoms with van der Waals surface area (Å²) in [6.45, 7) is 5.94. The summed E-state index contributed by atoms with van der Waals surface area (Å²) in [7, 11) is 0. The lowest BCUT2D eigenvalue weighted by Crippen LogP contribution is -2.19. The van der Waals surface area contributed by atoms with Gasteiger partial charge in [0.1, 0.15) is 11.6 Å². The largest absolute Gasteiger partial charge is 0.325 e. The van der Waals surface area contributed by atoms with Crippen molar-refractivity contribution in [2.45, 2.75) is 45.2 Å². The first-order valence-electron chi connectivity index (χ1n) is 8.60. The van der Waals surface area contributed by atoms with Crippen molar-refractivity contribution < 1.29 is 4.79 Å². The molecule has 1 aromatic heterocycles. The molecule has 0 radical (unpaired) electrons. The van der Waals surface area contributed by atoms with Gasteiger partial charge in [-0.05, 0) is 30.4 Å². The van der Waals surface area contributed by atoms with Gasteiger partial charge in [-0.2, -0.15) is 5.26 Å². The summed E-state index contributed by atoms with van der Waals surface area (Å²) in [4.78, 5) is 31.1. The van der Waals surface area contributed by atoms with E-state index in [9.17, 15) is 9.59 Å². The fourth-order valence-corrected chi connectivity index (χ4v) is 3.33. The number of para-hydroxylation sites is 1. The molecule has 2 rings (SSSR count). The van der Waals surface area contributed by atoms with Gasteiger partial charge >= 0.3 is 0 Å². The average molecular weight is 370 g/mol. The molecule has 2 N–H and O–H groups in total. The standard InChI is InChI=1S/C19H22N4O2S/c1-4-12-8-7-9-13(5-2)17(12)22-16(24)11-26-19-21-15(6-3)14(10-20)18(25)23-19/h7-9H,4-6,11H2,1-3H3,(H,22,24)(H,21,23,25).